The fourth-order valence-electron chi connectivity index (χ4n) is 3.33. The van der Waals surface area contributed by atoms with Crippen LogP contribution in [0.25, 0.3) is 21.9 Å². The maximum atomic E-state index is 12.5. The Morgan fingerprint density at radius 3 is 2.24 bits per heavy atom. The number of aryl methyl sites for hydroxylation is 2. The number of rotatable bonds is 4. The van der Waals surface area contributed by atoms with E-state index in [0.29, 0.717) is 29.3 Å². The number of hydrogen-bond acceptors (Lipinski definition) is 5. The molecule has 5 nitrogen and oxygen atoms in total. The number of hydrogen-bond donors (Lipinski definition) is 0. The summed E-state index contributed by atoms with van der Waals surface area (Å²) in [5.41, 5.74) is 4.72. The van der Waals surface area contributed by atoms with Crippen molar-refractivity contribution >= 4 is 27.9 Å². The lowest BCUT2D eigenvalue weighted by atomic mass is 9.93. The van der Waals surface area contributed by atoms with E-state index < -0.39 is 0 Å². The fraction of sp³-hybridized carbons (Fsp3) is 0.350. The molecule has 0 saturated heterocycles. The average Bonchev–Trinajstić information content (AvgIpc) is 2.97. The van der Waals surface area contributed by atoms with E-state index in [-0.39, 0.29) is 5.97 Å². The van der Waals surface area contributed by atoms with Crippen LogP contribution in [0.2, 0.25) is 0 Å². The van der Waals surface area contributed by atoms with E-state index in [0.717, 1.165) is 33.0 Å². The Balaban J connectivity index is 2.44. The number of carbonyl (C=O) groups excluding carboxylic acids is 1. The molecule has 0 spiro atoms. The first-order valence-electron chi connectivity index (χ1n) is 8.19. The van der Waals surface area contributed by atoms with Crippen molar-refractivity contribution < 1.29 is 23.4 Å². The van der Waals surface area contributed by atoms with Crippen molar-refractivity contribution in [2.45, 2.75) is 27.7 Å². The van der Waals surface area contributed by atoms with E-state index in [1.807, 2.05) is 32.9 Å². The highest BCUT2D eigenvalue weighted by molar-refractivity contribution is 6.12. The number of furan rings is 1. The Bertz CT molecular complexity index is 981. The Labute approximate surface area is 146 Å². The molecule has 0 aliphatic heterocycles. The van der Waals surface area contributed by atoms with Crippen molar-refractivity contribution in [3.05, 3.63) is 34.4 Å². The van der Waals surface area contributed by atoms with Crippen LogP contribution < -0.4 is 9.47 Å². The largest absolute Gasteiger partial charge is 0.493 e. The first-order valence-corrected chi connectivity index (χ1v) is 8.19. The van der Waals surface area contributed by atoms with Crippen molar-refractivity contribution in [1.82, 2.24) is 0 Å². The molecular formula is C20H22O5. The van der Waals surface area contributed by atoms with E-state index >= 15 is 0 Å². The highest BCUT2D eigenvalue weighted by atomic mass is 16.5. The molecule has 132 valence electrons. The minimum absolute atomic E-state index is 0.308. The molecular weight excluding hydrogens is 320 g/mol. The molecule has 0 N–H and O–H groups in total. The second-order valence-corrected chi connectivity index (χ2v) is 5.98. The molecule has 2 aromatic carbocycles. The van der Waals surface area contributed by atoms with Crippen LogP contribution in [0.15, 0.2) is 16.5 Å². The van der Waals surface area contributed by atoms with Gasteiger partial charge in [-0.25, -0.2) is 4.79 Å². The standard InChI is InChI=1S/C20H22O5/c1-7-24-20(21)17-10(2)11(3)19-18(12(17)4)13-8-15(22-5)16(23-6)9-14(13)25-19/h8-9H,7H2,1-6H3. The quantitative estimate of drug-likeness (QED) is 0.643. The van der Waals surface area contributed by atoms with Gasteiger partial charge in [-0.3, -0.25) is 0 Å². The van der Waals surface area contributed by atoms with E-state index in [1.165, 1.54) is 0 Å². The summed E-state index contributed by atoms with van der Waals surface area (Å²) in [6, 6.07) is 3.70. The van der Waals surface area contributed by atoms with Gasteiger partial charge in [0.15, 0.2) is 11.5 Å². The SMILES string of the molecule is CCOC(=O)c1c(C)c(C)c2oc3cc(OC)c(OC)cc3c2c1C. The minimum atomic E-state index is -0.308. The molecule has 3 aromatic rings. The van der Waals surface area contributed by atoms with Gasteiger partial charge in [-0.05, 0) is 50.5 Å². The van der Waals surface area contributed by atoms with E-state index in [1.54, 1.807) is 21.1 Å². The summed E-state index contributed by atoms with van der Waals surface area (Å²) < 4.78 is 22.1. The lowest BCUT2D eigenvalue weighted by Gasteiger charge is -2.13. The zero-order valence-electron chi connectivity index (χ0n) is 15.4. The van der Waals surface area contributed by atoms with Crippen LogP contribution in [-0.4, -0.2) is 26.8 Å². The summed E-state index contributed by atoms with van der Waals surface area (Å²) in [6.07, 6.45) is 0. The van der Waals surface area contributed by atoms with Gasteiger partial charge in [0.1, 0.15) is 11.2 Å². The lowest BCUT2D eigenvalue weighted by Crippen LogP contribution is -2.10. The van der Waals surface area contributed by atoms with Crippen LogP contribution in [0.1, 0.15) is 34.0 Å². The Hall–Kier alpha value is -2.69. The fourth-order valence-corrected chi connectivity index (χ4v) is 3.33. The smallest absolute Gasteiger partial charge is 0.338 e. The first-order chi connectivity index (χ1) is 11.9. The molecule has 1 heterocycles. The summed E-state index contributed by atoms with van der Waals surface area (Å²) in [7, 11) is 3.18. The van der Waals surface area contributed by atoms with Crippen LogP contribution in [-0.2, 0) is 4.74 Å². The molecule has 25 heavy (non-hydrogen) atoms. The number of methoxy groups -OCH3 is 2. The third-order valence-corrected chi connectivity index (χ3v) is 4.70. The Morgan fingerprint density at radius 1 is 1.00 bits per heavy atom. The monoisotopic (exact) mass is 342 g/mol. The van der Waals surface area contributed by atoms with Gasteiger partial charge in [-0.2, -0.15) is 0 Å². The van der Waals surface area contributed by atoms with Gasteiger partial charge in [0.25, 0.3) is 0 Å². The van der Waals surface area contributed by atoms with Crippen molar-refractivity contribution in [3.63, 3.8) is 0 Å². The van der Waals surface area contributed by atoms with Gasteiger partial charge in [-0.1, -0.05) is 0 Å². The third-order valence-electron chi connectivity index (χ3n) is 4.70. The van der Waals surface area contributed by atoms with Gasteiger partial charge in [0.05, 0.1) is 26.4 Å². The molecule has 0 fully saturated rings. The molecule has 0 radical (unpaired) electrons. The predicted molar refractivity (Wildman–Crippen MR) is 97.0 cm³/mol. The Morgan fingerprint density at radius 2 is 1.64 bits per heavy atom. The molecule has 0 atom stereocenters. The highest BCUT2D eigenvalue weighted by Gasteiger charge is 2.23. The molecule has 0 bridgehead atoms. The zero-order chi connectivity index (χ0) is 18.3. The van der Waals surface area contributed by atoms with Crippen LogP contribution in [0.4, 0.5) is 0 Å². The number of esters is 1. The normalized spacial score (nSPS) is 11.1. The topological polar surface area (TPSA) is 57.9 Å². The summed E-state index contributed by atoms with van der Waals surface area (Å²) in [4.78, 5) is 12.5. The van der Waals surface area contributed by atoms with Crippen LogP contribution >= 0.6 is 0 Å². The molecule has 3 rings (SSSR count). The Kier molecular flexibility index (Phi) is 4.33. The van der Waals surface area contributed by atoms with Crippen molar-refractivity contribution in [2.75, 3.05) is 20.8 Å². The third kappa shape index (κ3) is 2.51. The molecule has 0 amide bonds. The van der Waals surface area contributed by atoms with Gasteiger partial charge in [0.2, 0.25) is 0 Å². The van der Waals surface area contributed by atoms with E-state index in [4.69, 9.17) is 18.6 Å². The number of ether oxygens (including phenoxy) is 3. The molecule has 1 aromatic heterocycles. The van der Waals surface area contributed by atoms with Gasteiger partial charge >= 0.3 is 5.97 Å². The molecule has 0 saturated carbocycles. The highest BCUT2D eigenvalue weighted by Crippen LogP contribution is 2.41. The second-order valence-electron chi connectivity index (χ2n) is 5.98. The summed E-state index contributed by atoms with van der Waals surface area (Å²) in [5, 5.41) is 1.79. The molecule has 5 heteroatoms. The predicted octanol–water partition coefficient (Wildman–Crippen LogP) is 4.71. The summed E-state index contributed by atoms with van der Waals surface area (Å²) in [5.74, 6) is 0.914. The zero-order valence-corrected chi connectivity index (χ0v) is 15.4. The maximum Gasteiger partial charge on any atom is 0.338 e. The van der Waals surface area contributed by atoms with Crippen molar-refractivity contribution in [1.29, 1.82) is 0 Å². The number of fused-ring (bicyclic) bond motifs is 3. The van der Waals surface area contributed by atoms with Gasteiger partial charge in [0, 0.05) is 16.8 Å². The van der Waals surface area contributed by atoms with E-state index in [2.05, 4.69) is 0 Å². The van der Waals surface area contributed by atoms with Gasteiger partial charge < -0.3 is 18.6 Å². The lowest BCUT2D eigenvalue weighted by molar-refractivity contribution is 0.0525. The maximum absolute atomic E-state index is 12.5. The summed E-state index contributed by atoms with van der Waals surface area (Å²) in [6.45, 7) is 7.94. The van der Waals surface area contributed by atoms with E-state index in [9.17, 15) is 4.79 Å². The molecule has 0 unspecified atom stereocenters. The average molecular weight is 342 g/mol. The van der Waals surface area contributed by atoms with Gasteiger partial charge in [-0.15, -0.1) is 0 Å². The molecule has 0 aliphatic rings. The van der Waals surface area contributed by atoms with Crippen LogP contribution in [0, 0.1) is 20.8 Å². The van der Waals surface area contributed by atoms with Crippen LogP contribution in [0.5, 0.6) is 11.5 Å². The first kappa shape index (κ1) is 17.1. The second kappa shape index (κ2) is 6.31. The molecule has 0 aliphatic carbocycles. The number of benzene rings is 2. The summed E-state index contributed by atoms with van der Waals surface area (Å²) >= 11 is 0. The van der Waals surface area contributed by atoms with Crippen molar-refractivity contribution in [2.24, 2.45) is 0 Å². The van der Waals surface area contributed by atoms with Crippen LogP contribution in [0.3, 0.4) is 0 Å². The minimum Gasteiger partial charge on any atom is -0.493 e. The number of carbonyl (C=O) groups is 1. The van der Waals surface area contributed by atoms with Crippen molar-refractivity contribution in [3.8, 4) is 11.5 Å².